The SMILES string of the molecule is CC(C)(C)c1ccc(Nc2cc3c(cc2-c2cc(-c4ccccc4)cc4c2Cc2c(ccc5c2C(C)(C)c2ccccc2-5)N4c2ccccc2-c2ccccc2)C(C)(C)CCC3(C)C)cc1. The molecule has 0 bridgehead atoms. The van der Waals surface area contributed by atoms with Gasteiger partial charge in [0.25, 0.3) is 0 Å². The van der Waals surface area contributed by atoms with Crippen LogP contribution in [-0.2, 0) is 28.1 Å². The van der Waals surface area contributed by atoms with E-state index in [4.69, 9.17) is 0 Å². The second-order valence-corrected chi connectivity index (χ2v) is 22.1. The summed E-state index contributed by atoms with van der Waals surface area (Å²) in [6.45, 7) is 21.6. The molecule has 0 aromatic heterocycles. The Bertz CT molecular complexity index is 3180. The van der Waals surface area contributed by atoms with Gasteiger partial charge in [0.1, 0.15) is 0 Å². The van der Waals surface area contributed by atoms with Crippen LogP contribution in [0.2, 0.25) is 0 Å². The summed E-state index contributed by atoms with van der Waals surface area (Å²) in [6, 6.07) is 64.2. The Morgan fingerprint density at radius 1 is 0.439 bits per heavy atom. The molecule has 328 valence electrons. The van der Waals surface area contributed by atoms with Crippen LogP contribution in [-0.4, -0.2) is 0 Å². The highest BCUT2D eigenvalue weighted by Gasteiger charge is 2.42. The van der Waals surface area contributed by atoms with Crippen molar-refractivity contribution in [2.24, 2.45) is 0 Å². The van der Waals surface area contributed by atoms with E-state index < -0.39 is 0 Å². The molecule has 3 aliphatic rings. The number of benzene rings is 8. The molecule has 0 amide bonds. The van der Waals surface area contributed by atoms with E-state index in [9.17, 15) is 0 Å². The molecule has 0 saturated heterocycles. The first-order chi connectivity index (χ1) is 31.6. The average Bonchev–Trinajstić information content (AvgIpc) is 3.55. The van der Waals surface area contributed by atoms with Crippen molar-refractivity contribution < 1.29 is 0 Å². The fourth-order valence-corrected chi connectivity index (χ4v) is 11.7. The first-order valence-corrected chi connectivity index (χ1v) is 24.1. The Hall–Kier alpha value is -6.64. The van der Waals surface area contributed by atoms with E-state index in [1.165, 1.54) is 101 Å². The van der Waals surface area contributed by atoms with E-state index >= 15 is 0 Å². The molecule has 11 rings (SSSR count). The van der Waals surface area contributed by atoms with Gasteiger partial charge in [-0.2, -0.15) is 0 Å². The van der Waals surface area contributed by atoms with Crippen LogP contribution in [0.15, 0.2) is 170 Å². The predicted octanol–water partition coefficient (Wildman–Crippen LogP) is 17.8. The molecule has 0 unspecified atom stereocenters. The number of nitrogens with one attached hydrogen (secondary N) is 1. The molecular weight excluding hydrogens is 797 g/mol. The summed E-state index contributed by atoms with van der Waals surface area (Å²) in [5.74, 6) is 0. The largest absolute Gasteiger partial charge is 0.355 e. The molecule has 2 nitrogen and oxygen atoms in total. The number of anilines is 5. The third kappa shape index (κ3) is 6.83. The standard InChI is InChI=1S/C64H62N2/c1-61(2,3)44-28-30-45(31-29-44)65-56-40-55-54(62(4,5)34-35-63(55,6)7)39-50(56)49-36-43(41-20-12-10-13-21-41)37-59-51(49)38-52-58(33-32-48-47-25-16-18-26-53(47)64(8,9)60(48)52)66(59)57-27-19-17-24-46(57)42-22-14-11-15-23-42/h10-33,36-37,39-40,65H,34-35,38H2,1-9H3. The molecule has 0 atom stereocenters. The monoisotopic (exact) mass is 858 g/mol. The fraction of sp³-hybridized carbons (Fsp3) is 0.250. The minimum absolute atomic E-state index is 0.0213. The minimum atomic E-state index is -0.184. The topological polar surface area (TPSA) is 15.3 Å². The van der Waals surface area contributed by atoms with Crippen molar-refractivity contribution in [1.29, 1.82) is 0 Å². The summed E-state index contributed by atoms with van der Waals surface area (Å²) in [5, 5.41) is 4.08. The molecule has 1 aliphatic heterocycles. The lowest BCUT2D eigenvalue weighted by Gasteiger charge is -2.43. The lowest BCUT2D eigenvalue weighted by Crippen LogP contribution is -2.34. The summed E-state index contributed by atoms with van der Waals surface area (Å²) in [4.78, 5) is 2.62. The van der Waals surface area contributed by atoms with Crippen molar-refractivity contribution in [3.8, 4) is 44.5 Å². The molecule has 0 fully saturated rings. The number of para-hydroxylation sites is 1. The third-order valence-electron chi connectivity index (χ3n) is 15.5. The smallest absolute Gasteiger partial charge is 0.0540 e. The number of rotatable bonds is 6. The molecule has 66 heavy (non-hydrogen) atoms. The molecular formula is C64H62N2. The van der Waals surface area contributed by atoms with Crippen LogP contribution in [0.4, 0.5) is 28.4 Å². The summed E-state index contributed by atoms with van der Waals surface area (Å²) in [5.41, 5.74) is 25.8. The van der Waals surface area contributed by atoms with Gasteiger partial charge in [-0.25, -0.2) is 0 Å². The van der Waals surface area contributed by atoms with Crippen LogP contribution in [0.3, 0.4) is 0 Å². The van der Waals surface area contributed by atoms with E-state index in [1.807, 2.05) is 0 Å². The molecule has 2 heteroatoms. The highest BCUT2D eigenvalue weighted by atomic mass is 15.2. The van der Waals surface area contributed by atoms with Gasteiger partial charge in [0.2, 0.25) is 0 Å². The highest BCUT2D eigenvalue weighted by molar-refractivity contribution is 5.99. The zero-order valence-electron chi connectivity index (χ0n) is 40.2. The molecule has 0 radical (unpaired) electrons. The van der Waals surface area contributed by atoms with Crippen molar-refractivity contribution in [2.45, 2.75) is 103 Å². The van der Waals surface area contributed by atoms with Gasteiger partial charge >= 0.3 is 0 Å². The number of nitrogens with zero attached hydrogens (tertiary/aromatic N) is 1. The maximum absolute atomic E-state index is 4.08. The maximum atomic E-state index is 4.08. The van der Waals surface area contributed by atoms with E-state index in [-0.39, 0.29) is 21.7 Å². The minimum Gasteiger partial charge on any atom is -0.355 e. The summed E-state index contributed by atoms with van der Waals surface area (Å²) >= 11 is 0. The van der Waals surface area contributed by atoms with Crippen molar-refractivity contribution >= 4 is 28.4 Å². The Morgan fingerprint density at radius 3 is 1.73 bits per heavy atom. The van der Waals surface area contributed by atoms with Gasteiger partial charge in [-0.1, -0.05) is 184 Å². The Morgan fingerprint density at radius 2 is 1.05 bits per heavy atom. The number of hydrogen-bond donors (Lipinski definition) is 1. The Kier molecular flexibility index (Phi) is 9.68. The second kappa shape index (κ2) is 15.2. The number of hydrogen-bond acceptors (Lipinski definition) is 2. The Labute approximate surface area is 393 Å². The van der Waals surface area contributed by atoms with Crippen LogP contribution >= 0.6 is 0 Å². The zero-order chi connectivity index (χ0) is 45.8. The normalized spacial score (nSPS) is 16.1. The average molecular weight is 859 g/mol. The first-order valence-electron chi connectivity index (χ1n) is 24.1. The van der Waals surface area contributed by atoms with Crippen LogP contribution in [0.1, 0.15) is 114 Å². The van der Waals surface area contributed by atoms with Crippen molar-refractivity contribution in [1.82, 2.24) is 0 Å². The van der Waals surface area contributed by atoms with Gasteiger partial charge in [0, 0.05) is 34.3 Å². The molecule has 1 N–H and O–H groups in total. The van der Waals surface area contributed by atoms with Gasteiger partial charge in [-0.15, -0.1) is 0 Å². The molecule has 2 aliphatic carbocycles. The number of fused-ring (bicyclic) bond motifs is 7. The van der Waals surface area contributed by atoms with Crippen LogP contribution in [0, 0.1) is 0 Å². The van der Waals surface area contributed by atoms with Gasteiger partial charge in [-0.3, -0.25) is 0 Å². The zero-order valence-corrected chi connectivity index (χ0v) is 40.2. The van der Waals surface area contributed by atoms with Crippen LogP contribution in [0.5, 0.6) is 0 Å². The lowest BCUT2D eigenvalue weighted by atomic mass is 9.62. The van der Waals surface area contributed by atoms with Crippen molar-refractivity contribution in [2.75, 3.05) is 10.2 Å². The Balaban J connectivity index is 1.24. The van der Waals surface area contributed by atoms with Crippen LogP contribution < -0.4 is 10.2 Å². The summed E-state index contributed by atoms with van der Waals surface area (Å²) < 4.78 is 0. The van der Waals surface area contributed by atoms with Crippen molar-refractivity contribution in [3.63, 3.8) is 0 Å². The third-order valence-corrected chi connectivity index (χ3v) is 15.5. The van der Waals surface area contributed by atoms with Gasteiger partial charge in [0.15, 0.2) is 0 Å². The van der Waals surface area contributed by atoms with Crippen molar-refractivity contribution in [3.05, 3.63) is 209 Å². The van der Waals surface area contributed by atoms with E-state index in [1.54, 1.807) is 0 Å². The molecule has 0 spiro atoms. The highest BCUT2D eigenvalue weighted by Crippen LogP contribution is 2.59. The van der Waals surface area contributed by atoms with Gasteiger partial charge in [-0.05, 0) is 150 Å². The summed E-state index contributed by atoms with van der Waals surface area (Å²) in [6.07, 6.45) is 3.11. The summed E-state index contributed by atoms with van der Waals surface area (Å²) in [7, 11) is 0. The molecule has 1 heterocycles. The second-order valence-electron chi connectivity index (χ2n) is 22.1. The maximum Gasteiger partial charge on any atom is 0.0540 e. The molecule has 0 saturated carbocycles. The molecule has 8 aromatic carbocycles. The molecule has 8 aromatic rings. The lowest BCUT2D eigenvalue weighted by molar-refractivity contribution is 0.332. The van der Waals surface area contributed by atoms with E-state index in [0.717, 1.165) is 30.6 Å². The quantitative estimate of drug-likeness (QED) is 0.179. The first kappa shape index (κ1) is 42.0. The van der Waals surface area contributed by atoms with Gasteiger partial charge < -0.3 is 10.2 Å². The fourth-order valence-electron chi connectivity index (χ4n) is 11.7. The predicted molar refractivity (Wildman–Crippen MR) is 282 cm³/mol. The van der Waals surface area contributed by atoms with E-state index in [2.05, 4.69) is 242 Å². The van der Waals surface area contributed by atoms with Gasteiger partial charge in [0.05, 0.1) is 17.1 Å². The van der Waals surface area contributed by atoms with Crippen LogP contribution in [0.25, 0.3) is 44.5 Å². The van der Waals surface area contributed by atoms with E-state index in [0.29, 0.717) is 0 Å².